The van der Waals surface area contributed by atoms with Gasteiger partial charge in [-0.3, -0.25) is 0 Å². The quantitative estimate of drug-likeness (QED) is 0.777. The first-order valence-electron chi connectivity index (χ1n) is 4.57. The zero-order valence-corrected chi connectivity index (χ0v) is 10.00. The van der Waals surface area contributed by atoms with E-state index in [9.17, 15) is 0 Å². The molecule has 76 valence electrons. The van der Waals surface area contributed by atoms with Crippen molar-refractivity contribution in [3.05, 3.63) is 17.5 Å². The van der Waals surface area contributed by atoms with Crippen LogP contribution in [0.4, 0.5) is 5.82 Å². The highest BCUT2D eigenvalue weighted by Crippen LogP contribution is 2.27. The van der Waals surface area contributed by atoms with Crippen molar-refractivity contribution >= 4 is 33.3 Å². The fourth-order valence-electron chi connectivity index (χ4n) is 1.69. The predicted octanol–water partition coefficient (Wildman–Crippen LogP) is 2.35. The van der Waals surface area contributed by atoms with E-state index in [4.69, 9.17) is 11.6 Å². The maximum Gasteiger partial charge on any atom is 0.150 e. The van der Waals surface area contributed by atoms with E-state index in [0.717, 1.165) is 24.2 Å². The van der Waals surface area contributed by atoms with Crippen molar-refractivity contribution in [2.24, 2.45) is 5.92 Å². The van der Waals surface area contributed by atoms with Crippen molar-refractivity contribution < 1.29 is 0 Å². The Morgan fingerprint density at radius 2 is 2.50 bits per heavy atom. The molecule has 1 unspecified atom stereocenters. The molecule has 0 aromatic carbocycles. The van der Waals surface area contributed by atoms with Gasteiger partial charge in [0.2, 0.25) is 0 Å². The molecule has 0 radical (unpaired) electrons. The Kier molecular flexibility index (Phi) is 3.23. The highest BCUT2D eigenvalue weighted by Gasteiger charge is 2.23. The smallest absolute Gasteiger partial charge is 0.150 e. The van der Waals surface area contributed by atoms with Gasteiger partial charge < -0.3 is 4.90 Å². The molecule has 3 nitrogen and oxygen atoms in total. The average Bonchev–Trinajstić information content (AvgIpc) is 2.67. The minimum absolute atomic E-state index is 0.641. The summed E-state index contributed by atoms with van der Waals surface area (Å²) in [5.41, 5.74) is 0. The van der Waals surface area contributed by atoms with E-state index in [0.29, 0.717) is 10.9 Å². The van der Waals surface area contributed by atoms with Crippen molar-refractivity contribution in [2.75, 3.05) is 23.3 Å². The average molecular weight is 277 g/mol. The maximum absolute atomic E-state index is 6.02. The number of aromatic nitrogens is 2. The van der Waals surface area contributed by atoms with Crippen LogP contribution in [0.5, 0.6) is 0 Å². The second-order valence-electron chi connectivity index (χ2n) is 3.45. The summed E-state index contributed by atoms with van der Waals surface area (Å²) in [6, 6.07) is 0. The first-order chi connectivity index (χ1) is 6.81. The highest BCUT2D eigenvalue weighted by atomic mass is 79.9. The summed E-state index contributed by atoms with van der Waals surface area (Å²) < 4.78 is 0. The SMILES string of the molecule is Clc1cncnc1N1CCC(CBr)C1. The summed E-state index contributed by atoms with van der Waals surface area (Å²) in [5.74, 6) is 1.58. The van der Waals surface area contributed by atoms with Gasteiger partial charge in [-0.2, -0.15) is 0 Å². The molecule has 2 heterocycles. The van der Waals surface area contributed by atoms with Crippen LogP contribution in [0.25, 0.3) is 0 Å². The summed E-state index contributed by atoms with van der Waals surface area (Å²) in [6.07, 6.45) is 4.39. The standard InChI is InChI=1S/C9H11BrClN3/c10-3-7-1-2-14(5-7)9-8(11)4-12-6-13-9/h4,6-7H,1-3,5H2. The summed E-state index contributed by atoms with van der Waals surface area (Å²) in [6.45, 7) is 2.06. The fourth-order valence-corrected chi connectivity index (χ4v) is 2.44. The van der Waals surface area contributed by atoms with E-state index in [1.54, 1.807) is 12.5 Å². The zero-order valence-electron chi connectivity index (χ0n) is 7.66. The van der Waals surface area contributed by atoms with Gasteiger partial charge in [0.15, 0.2) is 5.82 Å². The molecule has 0 amide bonds. The zero-order chi connectivity index (χ0) is 9.97. The van der Waals surface area contributed by atoms with E-state index < -0.39 is 0 Å². The van der Waals surface area contributed by atoms with E-state index in [2.05, 4.69) is 30.8 Å². The van der Waals surface area contributed by atoms with Crippen LogP contribution in [0.15, 0.2) is 12.5 Å². The van der Waals surface area contributed by atoms with Crippen LogP contribution in [-0.4, -0.2) is 28.4 Å². The minimum atomic E-state index is 0.641. The first-order valence-corrected chi connectivity index (χ1v) is 6.07. The molecule has 1 fully saturated rings. The summed E-state index contributed by atoms with van der Waals surface area (Å²) >= 11 is 9.52. The Balaban J connectivity index is 2.13. The van der Waals surface area contributed by atoms with Gasteiger partial charge in [-0.1, -0.05) is 27.5 Å². The van der Waals surface area contributed by atoms with Crippen molar-refractivity contribution in [1.29, 1.82) is 0 Å². The molecule has 0 spiro atoms. The van der Waals surface area contributed by atoms with Gasteiger partial charge in [0.25, 0.3) is 0 Å². The lowest BCUT2D eigenvalue weighted by atomic mass is 10.2. The molecule has 1 aromatic heterocycles. The predicted molar refractivity (Wildman–Crippen MR) is 61.2 cm³/mol. The van der Waals surface area contributed by atoms with Crippen LogP contribution in [0.1, 0.15) is 6.42 Å². The Labute approximate surface area is 96.6 Å². The molecule has 2 rings (SSSR count). The fraction of sp³-hybridized carbons (Fsp3) is 0.556. The third-order valence-corrected chi connectivity index (χ3v) is 3.63. The van der Waals surface area contributed by atoms with E-state index in [1.807, 2.05) is 0 Å². The number of nitrogens with zero attached hydrogens (tertiary/aromatic N) is 3. The van der Waals surface area contributed by atoms with E-state index >= 15 is 0 Å². The second-order valence-corrected chi connectivity index (χ2v) is 4.50. The topological polar surface area (TPSA) is 29.0 Å². The van der Waals surface area contributed by atoms with Gasteiger partial charge in [-0.15, -0.1) is 0 Å². The lowest BCUT2D eigenvalue weighted by molar-refractivity contribution is 0.675. The molecular weight excluding hydrogens is 265 g/mol. The monoisotopic (exact) mass is 275 g/mol. The van der Waals surface area contributed by atoms with Crippen LogP contribution < -0.4 is 4.90 Å². The van der Waals surface area contributed by atoms with Crippen LogP contribution in [-0.2, 0) is 0 Å². The number of rotatable bonds is 2. The minimum Gasteiger partial charge on any atom is -0.355 e. The van der Waals surface area contributed by atoms with Gasteiger partial charge in [0.1, 0.15) is 11.3 Å². The summed E-state index contributed by atoms with van der Waals surface area (Å²) in [7, 11) is 0. The molecule has 0 bridgehead atoms. The third-order valence-electron chi connectivity index (χ3n) is 2.45. The van der Waals surface area contributed by atoms with Crippen molar-refractivity contribution in [3.63, 3.8) is 0 Å². The van der Waals surface area contributed by atoms with Crippen LogP contribution >= 0.6 is 27.5 Å². The molecule has 14 heavy (non-hydrogen) atoms. The summed E-state index contributed by atoms with van der Waals surface area (Å²) in [4.78, 5) is 10.3. The van der Waals surface area contributed by atoms with Gasteiger partial charge in [0, 0.05) is 18.4 Å². The summed E-state index contributed by atoms with van der Waals surface area (Å²) in [5, 5.41) is 1.69. The molecule has 1 saturated heterocycles. The van der Waals surface area contributed by atoms with Crippen molar-refractivity contribution in [2.45, 2.75) is 6.42 Å². The first kappa shape index (κ1) is 10.2. The number of alkyl halides is 1. The third kappa shape index (κ3) is 2.01. The van der Waals surface area contributed by atoms with Crippen LogP contribution in [0.2, 0.25) is 5.02 Å². The van der Waals surface area contributed by atoms with E-state index in [1.165, 1.54) is 6.42 Å². The maximum atomic E-state index is 6.02. The Morgan fingerprint density at radius 3 is 3.14 bits per heavy atom. The number of halogens is 2. The highest BCUT2D eigenvalue weighted by molar-refractivity contribution is 9.09. The number of hydrogen-bond donors (Lipinski definition) is 0. The molecule has 5 heteroatoms. The van der Waals surface area contributed by atoms with Crippen molar-refractivity contribution in [3.8, 4) is 0 Å². The Bertz CT molecular complexity index is 321. The van der Waals surface area contributed by atoms with Crippen LogP contribution in [0.3, 0.4) is 0 Å². The van der Waals surface area contributed by atoms with Gasteiger partial charge in [0.05, 0.1) is 6.20 Å². The largest absolute Gasteiger partial charge is 0.355 e. The normalized spacial score (nSPS) is 21.6. The number of hydrogen-bond acceptors (Lipinski definition) is 3. The molecule has 0 saturated carbocycles. The molecule has 0 N–H and O–H groups in total. The van der Waals surface area contributed by atoms with Gasteiger partial charge in [-0.05, 0) is 12.3 Å². The Morgan fingerprint density at radius 1 is 1.64 bits per heavy atom. The van der Waals surface area contributed by atoms with Crippen LogP contribution in [0, 0.1) is 5.92 Å². The van der Waals surface area contributed by atoms with Crippen molar-refractivity contribution in [1.82, 2.24) is 9.97 Å². The molecule has 0 aliphatic carbocycles. The Hall–Kier alpha value is -0.350. The number of anilines is 1. The molecule has 1 atom stereocenters. The lowest BCUT2D eigenvalue weighted by Gasteiger charge is -2.17. The lowest BCUT2D eigenvalue weighted by Crippen LogP contribution is -2.21. The molecule has 1 aliphatic rings. The molecule has 1 aromatic rings. The van der Waals surface area contributed by atoms with Gasteiger partial charge >= 0.3 is 0 Å². The second kappa shape index (κ2) is 4.45. The van der Waals surface area contributed by atoms with E-state index in [-0.39, 0.29) is 0 Å². The molecule has 1 aliphatic heterocycles. The van der Waals surface area contributed by atoms with Gasteiger partial charge in [-0.25, -0.2) is 9.97 Å². The molecular formula is C9H11BrClN3.